The SMILES string of the molecule is C=C1/C=C\C=C/Cc2nc(-c3ccc(B4OC(C)(C)C(C)(C)O4)cc3)c3ccccc3c2-c2ccccc21. The first-order chi connectivity index (χ1) is 18.2. The minimum absolute atomic E-state index is 0.369. The van der Waals surface area contributed by atoms with Gasteiger partial charge in [-0.05, 0) is 55.2 Å². The van der Waals surface area contributed by atoms with Crippen LogP contribution in [0, 0.1) is 0 Å². The van der Waals surface area contributed by atoms with Gasteiger partial charge in [-0.15, -0.1) is 0 Å². The number of allylic oxidation sites excluding steroid dienone is 5. The van der Waals surface area contributed by atoms with Gasteiger partial charge in [-0.25, -0.2) is 0 Å². The molecule has 0 spiro atoms. The summed E-state index contributed by atoms with van der Waals surface area (Å²) in [7, 11) is -0.384. The van der Waals surface area contributed by atoms with Crippen molar-refractivity contribution in [1.29, 1.82) is 0 Å². The van der Waals surface area contributed by atoms with Crippen LogP contribution < -0.4 is 5.46 Å². The number of fused-ring (bicyclic) bond motifs is 5. The van der Waals surface area contributed by atoms with E-state index in [1.165, 1.54) is 16.5 Å². The van der Waals surface area contributed by atoms with E-state index >= 15 is 0 Å². The number of rotatable bonds is 2. The van der Waals surface area contributed by atoms with Crippen molar-refractivity contribution in [1.82, 2.24) is 4.98 Å². The maximum Gasteiger partial charge on any atom is 0.494 e. The summed E-state index contributed by atoms with van der Waals surface area (Å²) in [5.74, 6) is 0. The third-order valence-electron chi connectivity index (χ3n) is 8.09. The maximum absolute atomic E-state index is 6.27. The smallest absolute Gasteiger partial charge is 0.399 e. The van der Waals surface area contributed by atoms with Gasteiger partial charge in [0, 0.05) is 22.9 Å². The lowest BCUT2D eigenvalue weighted by Gasteiger charge is -2.32. The number of aromatic nitrogens is 1. The first-order valence-electron chi connectivity index (χ1n) is 13.2. The average molecular weight is 497 g/mol. The monoisotopic (exact) mass is 497 g/mol. The Bertz CT molecular complexity index is 1600. The fraction of sp³-hybridized carbons (Fsp3) is 0.206. The van der Waals surface area contributed by atoms with E-state index in [0.717, 1.165) is 45.4 Å². The summed E-state index contributed by atoms with van der Waals surface area (Å²) in [4.78, 5) is 5.32. The van der Waals surface area contributed by atoms with Gasteiger partial charge in [0.25, 0.3) is 0 Å². The van der Waals surface area contributed by atoms with E-state index in [2.05, 4.69) is 131 Å². The van der Waals surface area contributed by atoms with E-state index in [9.17, 15) is 0 Å². The van der Waals surface area contributed by atoms with Crippen molar-refractivity contribution >= 4 is 28.9 Å². The summed E-state index contributed by atoms with van der Waals surface area (Å²) in [6.45, 7) is 12.7. The van der Waals surface area contributed by atoms with Gasteiger partial charge in [-0.3, -0.25) is 4.98 Å². The number of hydrogen-bond acceptors (Lipinski definition) is 3. The van der Waals surface area contributed by atoms with Crippen molar-refractivity contribution in [3.05, 3.63) is 115 Å². The lowest BCUT2D eigenvalue weighted by Crippen LogP contribution is -2.41. The third-order valence-corrected chi connectivity index (χ3v) is 8.09. The van der Waals surface area contributed by atoms with E-state index < -0.39 is 0 Å². The summed E-state index contributed by atoms with van der Waals surface area (Å²) in [5, 5.41) is 2.33. The molecule has 6 rings (SSSR count). The van der Waals surface area contributed by atoms with Crippen molar-refractivity contribution in [2.45, 2.75) is 45.3 Å². The topological polar surface area (TPSA) is 31.4 Å². The number of pyridine rings is 1. The Balaban J connectivity index is 1.50. The molecule has 3 nitrogen and oxygen atoms in total. The molecule has 1 fully saturated rings. The lowest BCUT2D eigenvalue weighted by atomic mass is 9.78. The zero-order chi connectivity index (χ0) is 26.5. The molecule has 0 unspecified atom stereocenters. The molecular formula is C34H32BNO2. The molecule has 0 bridgehead atoms. The standard InChI is InChI=1S/C34H32BNO2/c1-23-13-7-6-8-18-30-31(27-15-10-9-14-26(23)27)28-16-11-12-17-29(28)32(36-30)24-19-21-25(22-20-24)35-37-33(2,3)34(4,5)38-35/h6-17,19-22H,1,18H2,2-5H3/b8-6-,13-7-. The van der Waals surface area contributed by atoms with E-state index in [1.54, 1.807) is 0 Å². The highest BCUT2D eigenvalue weighted by molar-refractivity contribution is 6.62. The van der Waals surface area contributed by atoms with Gasteiger partial charge in [0.05, 0.1) is 22.6 Å². The Morgan fingerprint density at radius 3 is 2.11 bits per heavy atom. The van der Waals surface area contributed by atoms with Crippen LogP contribution in [0.5, 0.6) is 0 Å². The van der Waals surface area contributed by atoms with Gasteiger partial charge in [-0.1, -0.05) is 104 Å². The molecule has 0 amide bonds. The normalized spacial score (nSPS) is 19.6. The average Bonchev–Trinajstić information content (AvgIpc) is 3.14. The second kappa shape index (κ2) is 9.23. The summed E-state index contributed by atoms with van der Waals surface area (Å²) in [6.07, 6.45) is 9.12. The molecule has 0 N–H and O–H groups in total. The lowest BCUT2D eigenvalue weighted by molar-refractivity contribution is 0.00578. The van der Waals surface area contributed by atoms with Crippen LogP contribution in [0.3, 0.4) is 0 Å². The van der Waals surface area contributed by atoms with E-state index in [-0.39, 0.29) is 18.3 Å². The Morgan fingerprint density at radius 1 is 0.763 bits per heavy atom. The second-order valence-corrected chi connectivity index (χ2v) is 11.1. The first kappa shape index (κ1) is 24.6. The fourth-order valence-corrected chi connectivity index (χ4v) is 5.26. The van der Waals surface area contributed by atoms with Crippen LogP contribution in [0.1, 0.15) is 39.0 Å². The molecule has 38 heavy (non-hydrogen) atoms. The van der Waals surface area contributed by atoms with Crippen LogP contribution in [0.4, 0.5) is 0 Å². The van der Waals surface area contributed by atoms with Crippen LogP contribution in [0.25, 0.3) is 38.7 Å². The van der Waals surface area contributed by atoms with Gasteiger partial charge >= 0.3 is 7.12 Å². The van der Waals surface area contributed by atoms with Crippen LogP contribution in [-0.2, 0) is 15.7 Å². The first-order valence-corrected chi connectivity index (χ1v) is 13.2. The minimum atomic E-state index is -0.384. The van der Waals surface area contributed by atoms with Crippen molar-refractivity contribution in [2.24, 2.45) is 0 Å². The predicted molar refractivity (Wildman–Crippen MR) is 159 cm³/mol. The molecule has 1 saturated heterocycles. The quantitative estimate of drug-likeness (QED) is 0.268. The minimum Gasteiger partial charge on any atom is -0.399 e. The zero-order valence-electron chi connectivity index (χ0n) is 22.5. The van der Waals surface area contributed by atoms with Crippen LogP contribution in [0.2, 0.25) is 0 Å². The molecule has 0 radical (unpaired) electrons. The van der Waals surface area contributed by atoms with Gasteiger partial charge in [0.1, 0.15) is 0 Å². The molecule has 2 heterocycles. The Labute approximate surface area is 225 Å². The number of benzene rings is 3. The molecule has 1 aliphatic carbocycles. The third kappa shape index (κ3) is 4.14. The molecule has 188 valence electrons. The highest BCUT2D eigenvalue weighted by Crippen LogP contribution is 2.40. The van der Waals surface area contributed by atoms with E-state index in [4.69, 9.17) is 14.3 Å². The van der Waals surface area contributed by atoms with Crippen LogP contribution in [-0.4, -0.2) is 23.3 Å². The number of hydrogen-bond donors (Lipinski definition) is 0. The molecule has 0 atom stereocenters. The molecule has 4 heteroatoms. The summed E-state index contributed by atoms with van der Waals surface area (Å²) in [6, 6.07) is 25.6. The van der Waals surface area contributed by atoms with Crippen molar-refractivity contribution in [3.8, 4) is 22.4 Å². The molecule has 4 aromatic rings. The molecular weight excluding hydrogens is 465 g/mol. The van der Waals surface area contributed by atoms with Crippen molar-refractivity contribution in [2.75, 3.05) is 0 Å². The molecule has 3 aromatic carbocycles. The largest absolute Gasteiger partial charge is 0.494 e. The predicted octanol–water partition coefficient (Wildman–Crippen LogP) is 7.55. The molecule has 1 aromatic heterocycles. The summed E-state index contributed by atoms with van der Waals surface area (Å²) >= 11 is 0. The Kier molecular flexibility index (Phi) is 5.98. The second-order valence-electron chi connectivity index (χ2n) is 11.1. The summed E-state index contributed by atoms with van der Waals surface area (Å²) in [5.41, 5.74) is 7.85. The van der Waals surface area contributed by atoms with Crippen LogP contribution in [0.15, 0.2) is 104 Å². The maximum atomic E-state index is 6.27. The molecule has 2 aliphatic rings. The van der Waals surface area contributed by atoms with Gasteiger partial charge in [0.2, 0.25) is 0 Å². The number of nitrogens with zero attached hydrogens (tertiary/aromatic N) is 1. The van der Waals surface area contributed by atoms with Crippen molar-refractivity contribution < 1.29 is 9.31 Å². The summed E-state index contributed by atoms with van der Waals surface area (Å²) < 4.78 is 12.5. The Morgan fingerprint density at radius 2 is 1.39 bits per heavy atom. The van der Waals surface area contributed by atoms with Gasteiger partial charge in [0.15, 0.2) is 0 Å². The van der Waals surface area contributed by atoms with Gasteiger partial charge < -0.3 is 9.31 Å². The van der Waals surface area contributed by atoms with Crippen molar-refractivity contribution in [3.63, 3.8) is 0 Å². The molecule has 0 saturated carbocycles. The van der Waals surface area contributed by atoms with Crippen LogP contribution >= 0.6 is 0 Å². The fourth-order valence-electron chi connectivity index (χ4n) is 5.26. The molecule has 1 aliphatic heterocycles. The Hall–Kier alpha value is -3.73. The van der Waals surface area contributed by atoms with E-state index in [0.29, 0.717) is 0 Å². The highest BCUT2D eigenvalue weighted by atomic mass is 16.7. The highest BCUT2D eigenvalue weighted by Gasteiger charge is 2.51. The zero-order valence-corrected chi connectivity index (χ0v) is 22.5. The van der Waals surface area contributed by atoms with Gasteiger partial charge in [-0.2, -0.15) is 0 Å². The van der Waals surface area contributed by atoms with E-state index in [1.807, 2.05) is 0 Å².